The number of carbonyl (C=O) groups excluding carboxylic acids is 1. The number of hydrogen-bond donors (Lipinski definition) is 1. The van der Waals surface area contributed by atoms with Gasteiger partial charge in [-0.1, -0.05) is 12.1 Å². The zero-order valence-corrected chi connectivity index (χ0v) is 16.9. The first-order valence-corrected chi connectivity index (χ1v) is 10.5. The van der Waals surface area contributed by atoms with Gasteiger partial charge < -0.3 is 15.1 Å². The molecule has 2 fully saturated rings. The van der Waals surface area contributed by atoms with Gasteiger partial charge in [0.1, 0.15) is 4.90 Å². The predicted octanol–water partition coefficient (Wildman–Crippen LogP) is 0.947. The van der Waals surface area contributed by atoms with E-state index in [0.29, 0.717) is 23.2 Å². The van der Waals surface area contributed by atoms with Crippen LogP contribution in [0.5, 0.6) is 0 Å². The number of halogens is 1. The lowest BCUT2D eigenvalue weighted by Crippen LogP contribution is -2.41. The first-order valence-electron chi connectivity index (χ1n) is 9.10. The molecule has 2 saturated heterocycles. The minimum atomic E-state index is -3.66. The van der Waals surface area contributed by atoms with E-state index in [1.807, 2.05) is 4.90 Å². The van der Waals surface area contributed by atoms with Crippen molar-refractivity contribution in [2.75, 3.05) is 39.8 Å². The number of nitrogens with one attached hydrogen (secondary N) is 1. The molecule has 1 amide bonds. The van der Waals surface area contributed by atoms with Crippen LogP contribution in [0, 0.1) is 11.8 Å². The van der Waals surface area contributed by atoms with Gasteiger partial charge in [-0.3, -0.25) is 4.79 Å². The summed E-state index contributed by atoms with van der Waals surface area (Å²) in [6.07, 6.45) is 2.07. The number of sulfonamides is 1. The molecule has 0 radical (unpaired) electrons. The van der Waals surface area contributed by atoms with Crippen LogP contribution >= 0.6 is 12.4 Å². The number of amides is 1. The second-order valence-corrected chi connectivity index (χ2v) is 8.95. The Hall–Kier alpha value is -1.64. The number of likely N-dealkylation sites (tertiary alicyclic amines) is 1. The largest absolute Gasteiger partial charge is 0.349 e. The molecule has 0 aromatic heterocycles. The molecule has 3 heterocycles. The highest BCUT2D eigenvalue weighted by Crippen LogP contribution is 2.28. The van der Waals surface area contributed by atoms with Crippen molar-refractivity contribution in [3.05, 3.63) is 29.8 Å². The number of amidine groups is 1. The molecule has 4 rings (SSSR count). The average molecular weight is 413 g/mol. The highest BCUT2D eigenvalue weighted by molar-refractivity contribution is 7.90. The summed E-state index contributed by atoms with van der Waals surface area (Å²) < 4.78 is 28.3. The fourth-order valence-corrected chi connectivity index (χ4v) is 5.46. The SMILES string of the molecule is CN(CC(=O)N1CC[C@@H]2CNC[C@@H]2CC1)C1=NS(=O)(=O)c2ccccc21.Cl. The molecule has 0 aliphatic carbocycles. The summed E-state index contributed by atoms with van der Waals surface area (Å²) in [5.74, 6) is 1.72. The molecule has 27 heavy (non-hydrogen) atoms. The van der Waals surface area contributed by atoms with Crippen molar-refractivity contribution in [3.8, 4) is 0 Å². The smallest absolute Gasteiger partial charge is 0.285 e. The topological polar surface area (TPSA) is 82.1 Å². The van der Waals surface area contributed by atoms with Crippen molar-refractivity contribution in [2.45, 2.75) is 17.7 Å². The van der Waals surface area contributed by atoms with Gasteiger partial charge in [0, 0.05) is 25.7 Å². The Morgan fingerprint density at radius 3 is 2.52 bits per heavy atom. The van der Waals surface area contributed by atoms with Gasteiger partial charge in [-0.25, -0.2) is 0 Å². The fraction of sp³-hybridized carbons (Fsp3) is 0.556. The van der Waals surface area contributed by atoms with Gasteiger partial charge in [0.15, 0.2) is 5.84 Å². The van der Waals surface area contributed by atoms with Gasteiger partial charge in [0.25, 0.3) is 10.0 Å². The van der Waals surface area contributed by atoms with E-state index in [1.165, 1.54) is 0 Å². The Balaban J connectivity index is 0.00000210. The lowest BCUT2D eigenvalue weighted by Gasteiger charge is -2.25. The molecule has 2 atom stereocenters. The van der Waals surface area contributed by atoms with Crippen LogP contribution in [-0.4, -0.2) is 69.7 Å². The number of hydrogen-bond acceptors (Lipinski definition) is 5. The molecule has 148 valence electrons. The first kappa shape index (κ1) is 20.1. The quantitative estimate of drug-likeness (QED) is 0.782. The third-order valence-corrected chi connectivity index (χ3v) is 7.04. The summed E-state index contributed by atoms with van der Waals surface area (Å²) in [6, 6.07) is 6.76. The highest BCUT2D eigenvalue weighted by Gasteiger charge is 2.33. The number of benzene rings is 1. The minimum absolute atomic E-state index is 0. The van der Waals surface area contributed by atoms with E-state index in [-0.39, 0.29) is 29.8 Å². The van der Waals surface area contributed by atoms with Gasteiger partial charge in [-0.2, -0.15) is 8.42 Å². The minimum Gasteiger partial charge on any atom is -0.349 e. The van der Waals surface area contributed by atoms with E-state index < -0.39 is 10.0 Å². The monoisotopic (exact) mass is 412 g/mol. The van der Waals surface area contributed by atoms with Crippen LogP contribution in [0.3, 0.4) is 0 Å². The Labute approximate surface area is 166 Å². The first-order chi connectivity index (χ1) is 12.5. The molecule has 0 saturated carbocycles. The van der Waals surface area contributed by atoms with Crippen LogP contribution < -0.4 is 5.32 Å². The maximum absolute atomic E-state index is 12.8. The van der Waals surface area contributed by atoms with Crippen LogP contribution in [0.15, 0.2) is 33.6 Å². The summed E-state index contributed by atoms with van der Waals surface area (Å²) in [5, 5.41) is 3.44. The molecule has 1 aromatic rings. The van der Waals surface area contributed by atoms with Crippen LogP contribution in [-0.2, 0) is 14.8 Å². The summed E-state index contributed by atoms with van der Waals surface area (Å²) in [4.78, 5) is 16.6. The number of carbonyl (C=O) groups is 1. The highest BCUT2D eigenvalue weighted by atomic mass is 35.5. The second-order valence-electron chi connectivity index (χ2n) is 7.38. The van der Waals surface area contributed by atoms with Crippen molar-refractivity contribution in [3.63, 3.8) is 0 Å². The maximum atomic E-state index is 12.8. The number of likely N-dealkylation sites (N-methyl/N-ethyl adjacent to an activating group) is 1. The van der Waals surface area contributed by atoms with Gasteiger partial charge in [0.2, 0.25) is 5.91 Å². The van der Waals surface area contributed by atoms with E-state index in [1.54, 1.807) is 36.2 Å². The third-order valence-electron chi connectivity index (χ3n) is 5.72. The molecular formula is C18H25ClN4O3S. The zero-order valence-electron chi connectivity index (χ0n) is 15.3. The van der Waals surface area contributed by atoms with Crippen molar-refractivity contribution in [1.82, 2.24) is 15.1 Å². The molecule has 1 N–H and O–H groups in total. The van der Waals surface area contributed by atoms with Crippen molar-refractivity contribution < 1.29 is 13.2 Å². The summed E-state index contributed by atoms with van der Waals surface area (Å²) in [7, 11) is -1.94. The second kappa shape index (κ2) is 7.77. The zero-order chi connectivity index (χ0) is 18.3. The Kier molecular flexibility index (Phi) is 5.79. The van der Waals surface area contributed by atoms with Gasteiger partial charge >= 0.3 is 0 Å². The molecule has 7 nitrogen and oxygen atoms in total. The van der Waals surface area contributed by atoms with E-state index >= 15 is 0 Å². The van der Waals surface area contributed by atoms with Crippen molar-refractivity contribution in [2.24, 2.45) is 16.2 Å². The number of fused-ring (bicyclic) bond motifs is 2. The van der Waals surface area contributed by atoms with E-state index in [2.05, 4.69) is 9.71 Å². The van der Waals surface area contributed by atoms with Crippen LogP contribution in [0.2, 0.25) is 0 Å². The molecule has 3 aliphatic rings. The number of nitrogens with zero attached hydrogens (tertiary/aromatic N) is 3. The maximum Gasteiger partial charge on any atom is 0.285 e. The van der Waals surface area contributed by atoms with E-state index in [0.717, 1.165) is 39.0 Å². The molecule has 0 spiro atoms. The molecule has 9 heteroatoms. The van der Waals surface area contributed by atoms with E-state index in [9.17, 15) is 13.2 Å². The van der Waals surface area contributed by atoms with Gasteiger partial charge in [-0.15, -0.1) is 16.8 Å². The van der Waals surface area contributed by atoms with Gasteiger partial charge in [0.05, 0.1) is 6.54 Å². The average Bonchev–Trinajstić information content (AvgIpc) is 3.11. The molecular weight excluding hydrogens is 388 g/mol. The summed E-state index contributed by atoms with van der Waals surface area (Å²) in [5.41, 5.74) is 0.569. The van der Waals surface area contributed by atoms with E-state index in [4.69, 9.17) is 0 Å². The molecule has 0 bridgehead atoms. The standard InChI is InChI=1S/C18H24N4O3S.ClH/c1-21(18-15-4-2-3-5-16(15)26(24,25)20-18)12-17(23)22-8-6-13-10-19-11-14(13)7-9-22;/h2-5,13-14,19H,6-12H2,1H3;1H/t13-,14+;. The van der Waals surface area contributed by atoms with Crippen LogP contribution in [0.4, 0.5) is 0 Å². The molecule has 1 aromatic carbocycles. The summed E-state index contributed by atoms with van der Waals surface area (Å²) >= 11 is 0. The summed E-state index contributed by atoms with van der Waals surface area (Å²) in [6.45, 7) is 3.79. The lowest BCUT2D eigenvalue weighted by atomic mass is 9.92. The van der Waals surface area contributed by atoms with Crippen molar-refractivity contribution in [1.29, 1.82) is 0 Å². The lowest BCUT2D eigenvalue weighted by molar-refractivity contribution is -0.131. The normalized spacial score (nSPS) is 25.7. The Bertz CT molecular complexity index is 844. The predicted molar refractivity (Wildman–Crippen MR) is 106 cm³/mol. The fourth-order valence-electron chi connectivity index (χ4n) is 4.21. The van der Waals surface area contributed by atoms with Crippen LogP contribution in [0.1, 0.15) is 18.4 Å². The number of rotatable bonds is 2. The van der Waals surface area contributed by atoms with Crippen LogP contribution in [0.25, 0.3) is 0 Å². The molecule has 3 aliphatic heterocycles. The third kappa shape index (κ3) is 3.83. The van der Waals surface area contributed by atoms with Gasteiger partial charge in [-0.05, 0) is 49.9 Å². The Morgan fingerprint density at radius 2 is 1.85 bits per heavy atom. The molecule has 0 unspecified atom stereocenters. The Morgan fingerprint density at radius 1 is 1.22 bits per heavy atom. The van der Waals surface area contributed by atoms with Crippen molar-refractivity contribution >= 4 is 34.2 Å².